The maximum atomic E-state index is 11.7. The second-order valence-corrected chi connectivity index (χ2v) is 5.25. The Morgan fingerprint density at radius 1 is 1.00 bits per heavy atom. The molecule has 0 unspecified atom stereocenters. The van der Waals surface area contributed by atoms with E-state index >= 15 is 0 Å². The Bertz CT molecular complexity index is 789. The fourth-order valence-electron chi connectivity index (χ4n) is 2.04. The zero-order valence-corrected chi connectivity index (χ0v) is 23.8. The molecule has 0 spiro atoms. The van der Waals surface area contributed by atoms with E-state index in [-0.39, 0.29) is 119 Å². The molecule has 0 aliphatic rings. The van der Waals surface area contributed by atoms with Crippen molar-refractivity contribution in [3.05, 3.63) is 33.0 Å². The number of carboxylic acids is 2. The van der Waals surface area contributed by atoms with Crippen molar-refractivity contribution in [3.8, 4) is 11.5 Å². The van der Waals surface area contributed by atoms with Gasteiger partial charge >= 0.3 is 103 Å². The van der Waals surface area contributed by atoms with Crippen LogP contribution in [0.3, 0.4) is 0 Å². The standard InChI is InChI=1S/C15H20N4O10.2K/c1-3-17(4-2)19(26)16-29-7-10-5-12(27-8-14(20)21)13(28-9-15(22)23)6-11(10)18(24)25;;/h5-6H,3-4,7-9H2,1-2H3,(H,20,21)(H,22,23);;/q;2*+1/p-2. The SMILES string of the molecule is CCN(CC)[N+]([O-])=NOCc1cc(OCC(=O)[O-])c(OCC(=O)[O-])cc1[N+](=O)[O-].[K+].[K+]. The number of aliphatic carboxylic acids is 2. The zero-order chi connectivity index (χ0) is 22.0. The number of ether oxygens (including phenoxy) is 2. The van der Waals surface area contributed by atoms with E-state index in [4.69, 9.17) is 14.3 Å². The minimum absolute atomic E-state index is 0. The average Bonchev–Trinajstić information content (AvgIpc) is 2.65. The number of carbonyl (C=O) groups excluding carboxylic acids is 2. The minimum atomic E-state index is -1.61. The number of hydrogen-bond donors (Lipinski definition) is 0. The van der Waals surface area contributed by atoms with Crippen molar-refractivity contribution >= 4 is 17.6 Å². The number of nitro benzene ring substituents is 1. The molecular formula is C15H18K2N4O10. The summed E-state index contributed by atoms with van der Waals surface area (Å²) in [6.07, 6.45) is 0. The molecule has 0 saturated carbocycles. The van der Waals surface area contributed by atoms with Crippen molar-refractivity contribution in [3.63, 3.8) is 0 Å². The molecule has 0 aliphatic heterocycles. The van der Waals surface area contributed by atoms with Crippen LogP contribution in [0.4, 0.5) is 5.69 Å². The molecule has 16 heteroatoms. The molecule has 0 aromatic heterocycles. The summed E-state index contributed by atoms with van der Waals surface area (Å²) in [6.45, 7) is 1.68. The van der Waals surface area contributed by atoms with E-state index in [0.717, 1.165) is 12.1 Å². The van der Waals surface area contributed by atoms with Crippen molar-refractivity contribution in [1.29, 1.82) is 0 Å². The molecule has 1 aromatic carbocycles. The molecular weight excluding hydrogens is 474 g/mol. The van der Waals surface area contributed by atoms with Crippen LogP contribution in [0.5, 0.6) is 11.5 Å². The van der Waals surface area contributed by atoms with Gasteiger partial charge in [-0.05, 0) is 19.9 Å². The van der Waals surface area contributed by atoms with Crippen molar-refractivity contribution in [2.24, 2.45) is 5.28 Å². The largest absolute Gasteiger partial charge is 1.00 e. The predicted octanol–water partition coefficient (Wildman–Crippen LogP) is -7.49. The summed E-state index contributed by atoms with van der Waals surface area (Å²) in [5.74, 6) is -3.93. The Morgan fingerprint density at radius 2 is 1.48 bits per heavy atom. The monoisotopic (exact) mass is 492 g/mol. The third-order valence-corrected chi connectivity index (χ3v) is 3.35. The van der Waals surface area contributed by atoms with E-state index in [1.54, 1.807) is 13.8 Å². The van der Waals surface area contributed by atoms with Crippen molar-refractivity contribution in [2.75, 3.05) is 26.3 Å². The number of rotatable bonds is 13. The van der Waals surface area contributed by atoms with E-state index in [1.807, 2.05) is 0 Å². The van der Waals surface area contributed by atoms with Crippen molar-refractivity contribution in [1.82, 2.24) is 5.01 Å². The van der Waals surface area contributed by atoms with Gasteiger partial charge in [-0.2, -0.15) is 0 Å². The summed E-state index contributed by atoms with van der Waals surface area (Å²) < 4.78 is 9.76. The van der Waals surface area contributed by atoms with Gasteiger partial charge in [0.1, 0.15) is 13.2 Å². The Morgan fingerprint density at radius 3 is 1.90 bits per heavy atom. The van der Waals surface area contributed by atoms with Gasteiger partial charge in [0, 0.05) is 0 Å². The minimum Gasteiger partial charge on any atom is -0.569 e. The van der Waals surface area contributed by atoms with Crippen LogP contribution in [0, 0.1) is 15.3 Å². The third-order valence-electron chi connectivity index (χ3n) is 3.35. The third kappa shape index (κ3) is 11.7. The van der Waals surface area contributed by atoms with Gasteiger partial charge < -0.3 is 39.3 Å². The number of hydrazine groups is 1. The van der Waals surface area contributed by atoms with Crippen LogP contribution in [0.25, 0.3) is 0 Å². The van der Waals surface area contributed by atoms with E-state index < -0.39 is 48.1 Å². The van der Waals surface area contributed by atoms with Crippen molar-refractivity contribution < 1.29 is 147 Å². The Kier molecular flexibility index (Phi) is 17.9. The first-order chi connectivity index (χ1) is 13.7. The Balaban J connectivity index is 0. The van der Waals surface area contributed by atoms with Gasteiger partial charge in [-0.1, -0.05) is 0 Å². The maximum Gasteiger partial charge on any atom is 1.00 e. The van der Waals surface area contributed by atoms with E-state index in [1.165, 1.54) is 5.01 Å². The number of benzene rings is 1. The van der Waals surface area contributed by atoms with Crippen LogP contribution in [0.15, 0.2) is 17.4 Å². The summed E-state index contributed by atoms with van der Waals surface area (Å²) >= 11 is 0. The first-order valence-corrected chi connectivity index (χ1v) is 8.21. The molecule has 0 saturated heterocycles. The van der Waals surface area contributed by atoms with Gasteiger partial charge in [0.25, 0.3) is 5.69 Å². The van der Waals surface area contributed by atoms with Crippen LogP contribution >= 0.6 is 0 Å². The second-order valence-electron chi connectivity index (χ2n) is 5.25. The summed E-state index contributed by atoms with van der Waals surface area (Å²) in [5.41, 5.74) is -0.699. The molecule has 14 nitrogen and oxygen atoms in total. The number of nitro groups is 1. The van der Waals surface area contributed by atoms with Gasteiger partial charge in [0.15, 0.2) is 18.1 Å². The average molecular weight is 493 g/mol. The molecule has 1 rings (SSSR count). The van der Waals surface area contributed by atoms with Crippen LogP contribution in [0.2, 0.25) is 0 Å². The van der Waals surface area contributed by atoms with Gasteiger partial charge in [-0.3, -0.25) is 10.1 Å². The van der Waals surface area contributed by atoms with Crippen LogP contribution < -0.4 is 122 Å². The summed E-state index contributed by atoms with van der Waals surface area (Å²) in [6, 6.07) is 1.83. The smallest absolute Gasteiger partial charge is 0.569 e. The van der Waals surface area contributed by atoms with Gasteiger partial charge in [0.05, 0.1) is 46.6 Å². The molecule has 160 valence electrons. The first-order valence-electron chi connectivity index (χ1n) is 8.21. The summed E-state index contributed by atoms with van der Waals surface area (Å²) in [5, 5.41) is 48.7. The van der Waals surface area contributed by atoms with E-state index in [9.17, 15) is 35.1 Å². The number of carboxylic acid groups (broad SMARTS) is 2. The Labute approximate surface area is 262 Å². The van der Waals surface area contributed by atoms with Crippen LogP contribution in [-0.2, 0) is 21.0 Å². The molecule has 0 amide bonds. The molecule has 0 fully saturated rings. The molecule has 0 radical (unpaired) electrons. The summed E-state index contributed by atoms with van der Waals surface area (Å²) in [4.78, 5) is 36.7. The number of nitrogens with zero attached hydrogens (tertiary/aromatic N) is 4. The predicted molar refractivity (Wildman–Crippen MR) is 87.9 cm³/mol. The van der Waals surface area contributed by atoms with E-state index in [0.29, 0.717) is 13.1 Å². The van der Waals surface area contributed by atoms with Gasteiger partial charge in [0.2, 0.25) is 5.28 Å². The molecule has 0 heterocycles. The van der Waals surface area contributed by atoms with Gasteiger partial charge in [-0.25, -0.2) is 0 Å². The molecule has 0 bridgehead atoms. The fraction of sp³-hybridized carbons (Fsp3) is 0.467. The van der Waals surface area contributed by atoms with Gasteiger partial charge in [-0.15, -0.1) is 5.01 Å². The molecule has 0 atom stereocenters. The van der Waals surface area contributed by atoms with Crippen LogP contribution in [0.1, 0.15) is 19.4 Å². The molecule has 1 aromatic rings. The second kappa shape index (κ2) is 17.0. The maximum absolute atomic E-state index is 11.7. The first kappa shape index (κ1) is 32.6. The molecule has 0 aliphatic carbocycles. The normalized spacial score (nSPS) is 10.2. The zero-order valence-electron chi connectivity index (χ0n) is 17.6. The topological polar surface area (TPSA) is 193 Å². The quantitative estimate of drug-likeness (QED) is 0.0834. The number of hydrogen-bond acceptors (Lipinski definition) is 11. The summed E-state index contributed by atoms with van der Waals surface area (Å²) in [7, 11) is 0. The Hall–Kier alpha value is -0.567. The van der Waals surface area contributed by atoms with Crippen LogP contribution in [-0.4, -0.2) is 53.1 Å². The number of carbonyl (C=O) groups is 2. The fourth-order valence-corrected chi connectivity index (χ4v) is 2.04. The molecule has 0 N–H and O–H groups in total. The van der Waals surface area contributed by atoms with Crippen molar-refractivity contribution in [2.45, 2.75) is 20.5 Å². The molecule has 31 heavy (non-hydrogen) atoms. The van der Waals surface area contributed by atoms with E-state index in [2.05, 4.69) is 5.28 Å².